The number of halogens is 1. The number of hydrogen-bond donors (Lipinski definition) is 1. The van der Waals surface area contributed by atoms with E-state index in [0.717, 1.165) is 12.1 Å². The van der Waals surface area contributed by atoms with Crippen molar-refractivity contribution in [1.29, 1.82) is 0 Å². The minimum Gasteiger partial charge on any atom is -0.465 e. The number of carbonyl (C=O) groups is 1. The number of morpholine rings is 1. The van der Waals surface area contributed by atoms with E-state index in [1.165, 1.54) is 4.90 Å². The normalized spacial score (nSPS) is 26.6. The van der Waals surface area contributed by atoms with Gasteiger partial charge >= 0.3 is 6.09 Å². The number of rotatable bonds is 2. The maximum Gasteiger partial charge on any atom is 0.407 e. The molecule has 1 aromatic rings. The van der Waals surface area contributed by atoms with E-state index in [1.54, 1.807) is 12.4 Å². The van der Waals surface area contributed by atoms with Crippen LogP contribution >= 0.6 is 11.6 Å². The highest BCUT2D eigenvalue weighted by molar-refractivity contribution is 6.28. The topological polar surface area (TPSA) is 78.8 Å². The van der Waals surface area contributed by atoms with Crippen LogP contribution in [0.4, 0.5) is 4.79 Å². The van der Waals surface area contributed by atoms with Crippen molar-refractivity contribution in [2.75, 3.05) is 26.2 Å². The van der Waals surface area contributed by atoms with Gasteiger partial charge in [-0.1, -0.05) is 0 Å². The van der Waals surface area contributed by atoms with Gasteiger partial charge < -0.3 is 9.84 Å². The molecule has 0 aromatic carbocycles. The second-order valence-electron chi connectivity index (χ2n) is 5.01. The van der Waals surface area contributed by atoms with Gasteiger partial charge in [-0.25, -0.2) is 14.8 Å². The third-order valence-corrected chi connectivity index (χ3v) is 3.90. The van der Waals surface area contributed by atoms with Crippen LogP contribution in [-0.4, -0.2) is 69.4 Å². The summed E-state index contributed by atoms with van der Waals surface area (Å²) < 4.78 is 5.67. The highest BCUT2D eigenvalue weighted by Gasteiger charge is 2.42. The molecule has 2 aliphatic rings. The van der Waals surface area contributed by atoms with E-state index in [-0.39, 0.29) is 17.4 Å². The molecule has 0 saturated carbocycles. The van der Waals surface area contributed by atoms with Crippen molar-refractivity contribution >= 4 is 17.7 Å². The van der Waals surface area contributed by atoms with Crippen molar-refractivity contribution in [1.82, 2.24) is 19.8 Å². The molecule has 2 saturated heterocycles. The Balaban J connectivity index is 1.66. The molecule has 0 bridgehead atoms. The first kappa shape index (κ1) is 13.5. The lowest BCUT2D eigenvalue weighted by atomic mass is 10.1. The zero-order chi connectivity index (χ0) is 14.1. The molecule has 1 N–H and O–H groups in total. The summed E-state index contributed by atoms with van der Waals surface area (Å²) in [5.41, 5.74) is 0.954. The molecule has 3 heterocycles. The Morgan fingerprint density at radius 1 is 1.45 bits per heavy atom. The summed E-state index contributed by atoms with van der Waals surface area (Å²) in [6.45, 7) is 2.96. The van der Waals surface area contributed by atoms with Crippen molar-refractivity contribution in [2.24, 2.45) is 0 Å². The first-order valence-corrected chi connectivity index (χ1v) is 6.81. The molecule has 0 radical (unpaired) electrons. The van der Waals surface area contributed by atoms with Crippen molar-refractivity contribution in [3.8, 4) is 0 Å². The minimum absolute atomic E-state index is 0.0481. The van der Waals surface area contributed by atoms with Crippen LogP contribution in [0.25, 0.3) is 0 Å². The molecular weight excluding hydrogens is 284 g/mol. The van der Waals surface area contributed by atoms with Gasteiger partial charge in [-0.3, -0.25) is 9.80 Å². The largest absolute Gasteiger partial charge is 0.465 e. The van der Waals surface area contributed by atoms with Crippen LogP contribution in [0, 0.1) is 0 Å². The van der Waals surface area contributed by atoms with Crippen molar-refractivity contribution < 1.29 is 14.6 Å². The fraction of sp³-hybridized carbons (Fsp3) is 0.583. The molecule has 8 heteroatoms. The van der Waals surface area contributed by atoms with E-state index >= 15 is 0 Å². The Hall–Kier alpha value is -1.44. The molecule has 0 aliphatic carbocycles. The van der Waals surface area contributed by atoms with Gasteiger partial charge in [0.1, 0.15) is 0 Å². The molecule has 2 fully saturated rings. The van der Waals surface area contributed by atoms with Crippen molar-refractivity contribution in [3.05, 3.63) is 23.2 Å². The van der Waals surface area contributed by atoms with Crippen LogP contribution in [-0.2, 0) is 11.3 Å². The van der Waals surface area contributed by atoms with Gasteiger partial charge in [0.15, 0.2) is 0 Å². The molecule has 1 amide bonds. The smallest absolute Gasteiger partial charge is 0.407 e. The first-order chi connectivity index (χ1) is 9.63. The molecule has 0 unspecified atom stereocenters. The number of amides is 1. The predicted octanol–water partition coefficient (Wildman–Crippen LogP) is 0.693. The standard InChI is InChI=1S/C12H15ClN4O3/c13-11-14-3-8(4-15-11)5-16-6-9-10(7-16)20-2-1-17(9)12(18)19/h3-4,9-10H,1-2,5-7H2,(H,18,19)/t9-,10+/m0/s1. The molecule has 3 rings (SSSR count). The molecule has 2 aliphatic heterocycles. The maximum absolute atomic E-state index is 11.2. The van der Waals surface area contributed by atoms with Gasteiger partial charge in [-0.15, -0.1) is 0 Å². The van der Waals surface area contributed by atoms with Gasteiger partial charge in [0.2, 0.25) is 5.28 Å². The van der Waals surface area contributed by atoms with E-state index in [1.807, 2.05) is 0 Å². The average molecular weight is 299 g/mol. The van der Waals surface area contributed by atoms with Gasteiger partial charge in [0, 0.05) is 44.1 Å². The van der Waals surface area contributed by atoms with Gasteiger partial charge in [0.25, 0.3) is 0 Å². The quantitative estimate of drug-likeness (QED) is 0.810. The highest BCUT2D eigenvalue weighted by Crippen LogP contribution is 2.24. The summed E-state index contributed by atoms with van der Waals surface area (Å²) >= 11 is 5.65. The Labute approximate surface area is 121 Å². The monoisotopic (exact) mass is 298 g/mol. The minimum atomic E-state index is -0.875. The third-order valence-electron chi connectivity index (χ3n) is 3.70. The predicted molar refractivity (Wildman–Crippen MR) is 70.6 cm³/mol. The fourth-order valence-electron chi connectivity index (χ4n) is 2.81. The summed E-state index contributed by atoms with van der Waals surface area (Å²) in [5.74, 6) is 0. The van der Waals surface area contributed by atoms with E-state index in [0.29, 0.717) is 26.2 Å². The van der Waals surface area contributed by atoms with Crippen LogP contribution in [0.1, 0.15) is 5.56 Å². The molecule has 7 nitrogen and oxygen atoms in total. The molecular formula is C12H15ClN4O3. The molecule has 20 heavy (non-hydrogen) atoms. The summed E-state index contributed by atoms with van der Waals surface area (Å²) in [5, 5.41) is 9.44. The second-order valence-corrected chi connectivity index (χ2v) is 5.35. The number of nitrogens with zero attached hydrogens (tertiary/aromatic N) is 4. The number of fused-ring (bicyclic) bond motifs is 1. The Morgan fingerprint density at radius 2 is 2.20 bits per heavy atom. The van der Waals surface area contributed by atoms with Crippen LogP contribution in [0.2, 0.25) is 5.28 Å². The SMILES string of the molecule is O=C(O)N1CCO[C@@H]2CN(Cc3cnc(Cl)nc3)C[C@@H]21. The number of ether oxygens (including phenoxy) is 1. The molecule has 1 aromatic heterocycles. The molecule has 108 valence electrons. The van der Waals surface area contributed by atoms with E-state index < -0.39 is 6.09 Å². The number of hydrogen-bond acceptors (Lipinski definition) is 5. The Morgan fingerprint density at radius 3 is 2.90 bits per heavy atom. The summed E-state index contributed by atoms with van der Waals surface area (Å²) in [6, 6.07) is -0.0885. The van der Waals surface area contributed by atoms with Crippen LogP contribution < -0.4 is 0 Å². The van der Waals surface area contributed by atoms with Gasteiger partial charge in [0.05, 0.1) is 18.8 Å². The van der Waals surface area contributed by atoms with Gasteiger partial charge in [-0.05, 0) is 11.6 Å². The molecule has 0 spiro atoms. The Bertz CT molecular complexity index is 498. The summed E-state index contributed by atoms with van der Waals surface area (Å²) in [6.07, 6.45) is 2.45. The first-order valence-electron chi connectivity index (χ1n) is 6.43. The fourth-order valence-corrected chi connectivity index (χ4v) is 2.91. The summed E-state index contributed by atoms with van der Waals surface area (Å²) in [4.78, 5) is 22.7. The number of carboxylic acid groups (broad SMARTS) is 1. The number of aromatic nitrogens is 2. The third kappa shape index (κ3) is 2.70. The Kier molecular flexibility index (Phi) is 3.73. The van der Waals surface area contributed by atoms with Crippen LogP contribution in [0.5, 0.6) is 0 Å². The highest BCUT2D eigenvalue weighted by atomic mass is 35.5. The zero-order valence-corrected chi connectivity index (χ0v) is 11.5. The average Bonchev–Trinajstić information content (AvgIpc) is 2.83. The van der Waals surface area contributed by atoms with Crippen LogP contribution in [0.15, 0.2) is 12.4 Å². The van der Waals surface area contributed by atoms with Crippen molar-refractivity contribution in [3.63, 3.8) is 0 Å². The summed E-state index contributed by atoms with van der Waals surface area (Å²) in [7, 11) is 0. The van der Waals surface area contributed by atoms with Crippen molar-refractivity contribution in [2.45, 2.75) is 18.7 Å². The second kappa shape index (κ2) is 5.51. The van der Waals surface area contributed by atoms with Gasteiger partial charge in [-0.2, -0.15) is 0 Å². The lowest BCUT2D eigenvalue weighted by Gasteiger charge is -2.34. The number of likely N-dealkylation sites (tertiary alicyclic amines) is 1. The van der Waals surface area contributed by atoms with E-state index in [2.05, 4.69) is 14.9 Å². The maximum atomic E-state index is 11.2. The lowest BCUT2D eigenvalue weighted by molar-refractivity contribution is -0.0383. The zero-order valence-electron chi connectivity index (χ0n) is 10.8. The van der Waals surface area contributed by atoms with E-state index in [4.69, 9.17) is 16.3 Å². The lowest BCUT2D eigenvalue weighted by Crippen LogP contribution is -2.52. The van der Waals surface area contributed by atoms with Crippen LogP contribution in [0.3, 0.4) is 0 Å². The molecule has 2 atom stereocenters. The van der Waals surface area contributed by atoms with E-state index in [9.17, 15) is 9.90 Å².